The fraction of sp³-hybridized carbons (Fsp3) is 0.500. The van der Waals surface area contributed by atoms with Crippen LogP contribution in [-0.4, -0.2) is 28.5 Å². The Bertz CT molecular complexity index is 504. The molecule has 106 valence electrons. The van der Waals surface area contributed by atoms with Gasteiger partial charge >= 0.3 is 6.18 Å². The lowest BCUT2D eigenvalue weighted by molar-refractivity contribution is -0.139. The molecule has 0 aromatic carbocycles. The fourth-order valence-corrected chi connectivity index (χ4v) is 1.70. The van der Waals surface area contributed by atoms with Crippen molar-refractivity contribution in [3.05, 3.63) is 34.2 Å². The summed E-state index contributed by atoms with van der Waals surface area (Å²) < 4.78 is 38.4. The van der Waals surface area contributed by atoms with Gasteiger partial charge in [0.25, 0.3) is 5.56 Å². The number of hydrogen-bond donors (Lipinski definition) is 0. The predicted molar refractivity (Wildman–Crippen MR) is 63.6 cm³/mol. The highest BCUT2D eigenvalue weighted by atomic mass is 19.4. The Kier molecular flexibility index (Phi) is 4.74. The Morgan fingerprint density at radius 2 is 1.89 bits per heavy atom. The molecule has 0 saturated carbocycles. The second-order valence-corrected chi connectivity index (χ2v) is 3.92. The molecule has 0 aliphatic heterocycles. The van der Waals surface area contributed by atoms with E-state index in [9.17, 15) is 22.8 Å². The van der Waals surface area contributed by atoms with Crippen molar-refractivity contribution in [2.24, 2.45) is 0 Å². The Balaban J connectivity index is 3.04. The topological polar surface area (TPSA) is 42.3 Å². The number of carbonyl (C=O) groups excluding carboxylic acids is 1. The summed E-state index contributed by atoms with van der Waals surface area (Å²) in [6.45, 7) is 4.03. The monoisotopic (exact) mass is 276 g/mol. The third kappa shape index (κ3) is 3.59. The quantitative estimate of drug-likeness (QED) is 0.840. The van der Waals surface area contributed by atoms with Crippen molar-refractivity contribution >= 4 is 5.91 Å². The summed E-state index contributed by atoms with van der Waals surface area (Å²) in [5.74, 6) is -0.383. The molecule has 0 aliphatic carbocycles. The summed E-state index contributed by atoms with van der Waals surface area (Å²) in [5.41, 5.74) is -2.46. The van der Waals surface area contributed by atoms with Crippen LogP contribution in [0.4, 0.5) is 13.2 Å². The van der Waals surface area contributed by atoms with E-state index in [0.717, 1.165) is 10.6 Å². The van der Waals surface area contributed by atoms with Gasteiger partial charge in [-0.05, 0) is 26.0 Å². The standard InChI is InChI=1S/C12H15F3N2O2/c1-3-16(4-2)10(18)8-17-7-5-6-9(11(17)19)12(13,14)15/h5-7H,3-4,8H2,1-2H3. The molecule has 19 heavy (non-hydrogen) atoms. The van der Waals surface area contributed by atoms with E-state index in [1.807, 2.05) is 0 Å². The minimum absolute atomic E-state index is 0.383. The first-order chi connectivity index (χ1) is 8.81. The molecule has 4 nitrogen and oxygen atoms in total. The van der Waals surface area contributed by atoms with Crippen LogP contribution in [0.15, 0.2) is 23.1 Å². The van der Waals surface area contributed by atoms with Crippen LogP contribution in [0.2, 0.25) is 0 Å². The molecular formula is C12H15F3N2O2. The first-order valence-electron chi connectivity index (χ1n) is 5.85. The van der Waals surface area contributed by atoms with Crippen LogP contribution in [0.5, 0.6) is 0 Å². The summed E-state index contributed by atoms with van der Waals surface area (Å²) in [6.07, 6.45) is -3.53. The van der Waals surface area contributed by atoms with Crippen LogP contribution in [0.1, 0.15) is 19.4 Å². The average Bonchev–Trinajstić information content (AvgIpc) is 2.32. The van der Waals surface area contributed by atoms with E-state index in [1.54, 1.807) is 13.8 Å². The van der Waals surface area contributed by atoms with Crippen molar-refractivity contribution in [2.75, 3.05) is 13.1 Å². The molecule has 1 aromatic heterocycles. The molecule has 0 atom stereocenters. The Morgan fingerprint density at radius 3 is 2.37 bits per heavy atom. The Labute approximate surface area is 108 Å². The third-order valence-corrected chi connectivity index (χ3v) is 2.75. The molecule has 0 spiro atoms. The molecule has 0 saturated heterocycles. The summed E-state index contributed by atoms with van der Waals surface area (Å²) in [7, 11) is 0. The number of pyridine rings is 1. The lowest BCUT2D eigenvalue weighted by atomic mass is 10.2. The summed E-state index contributed by atoms with van der Waals surface area (Å²) in [4.78, 5) is 24.8. The number of aromatic nitrogens is 1. The molecule has 1 aromatic rings. The number of rotatable bonds is 4. The summed E-state index contributed by atoms with van der Waals surface area (Å²) >= 11 is 0. The van der Waals surface area contributed by atoms with Crippen LogP contribution in [0.25, 0.3) is 0 Å². The fourth-order valence-electron chi connectivity index (χ4n) is 1.70. The molecule has 0 aliphatic rings. The second kappa shape index (κ2) is 5.90. The molecule has 1 amide bonds. The maximum Gasteiger partial charge on any atom is 0.421 e. The van der Waals surface area contributed by atoms with Gasteiger partial charge in [0, 0.05) is 19.3 Å². The molecule has 0 N–H and O–H groups in total. The van der Waals surface area contributed by atoms with Gasteiger partial charge in [-0.1, -0.05) is 0 Å². The van der Waals surface area contributed by atoms with Gasteiger partial charge < -0.3 is 9.47 Å². The van der Waals surface area contributed by atoms with Crippen molar-refractivity contribution in [1.29, 1.82) is 0 Å². The number of nitrogens with zero attached hydrogens (tertiary/aromatic N) is 2. The maximum absolute atomic E-state index is 12.5. The van der Waals surface area contributed by atoms with Crippen molar-refractivity contribution in [1.82, 2.24) is 9.47 Å². The van der Waals surface area contributed by atoms with Crippen molar-refractivity contribution < 1.29 is 18.0 Å². The van der Waals surface area contributed by atoms with Gasteiger partial charge in [-0.3, -0.25) is 9.59 Å². The van der Waals surface area contributed by atoms with E-state index in [1.165, 1.54) is 11.1 Å². The first kappa shape index (κ1) is 15.3. The van der Waals surface area contributed by atoms with Crippen LogP contribution in [-0.2, 0) is 17.5 Å². The number of alkyl halides is 3. The summed E-state index contributed by atoms with van der Waals surface area (Å²) in [5, 5.41) is 0. The van der Waals surface area contributed by atoms with E-state index in [2.05, 4.69) is 0 Å². The number of amides is 1. The maximum atomic E-state index is 12.5. The zero-order chi connectivity index (χ0) is 14.6. The van der Waals surface area contributed by atoms with Crippen LogP contribution < -0.4 is 5.56 Å². The second-order valence-electron chi connectivity index (χ2n) is 3.92. The van der Waals surface area contributed by atoms with E-state index in [0.29, 0.717) is 19.2 Å². The molecule has 7 heteroatoms. The molecular weight excluding hydrogens is 261 g/mol. The highest BCUT2D eigenvalue weighted by Gasteiger charge is 2.34. The molecule has 0 bridgehead atoms. The number of halogens is 3. The largest absolute Gasteiger partial charge is 0.421 e. The van der Waals surface area contributed by atoms with Crippen molar-refractivity contribution in [3.63, 3.8) is 0 Å². The van der Waals surface area contributed by atoms with Gasteiger partial charge in [-0.25, -0.2) is 0 Å². The average molecular weight is 276 g/mol. The summed E-state index contributed by atoms with van der Waals surface area (Å²) in [6, 6.07) is 1.82. The van der Waals surface area contributed by atoms with Gasteiger partial charge in [-0.2, -0.15) is 13.2 Å². The smallest absolute Gasteiger partial charge is 0.342 e. The van der Waals surface area contributed by atoms with Gasteiger partial charge in [0.05, 0.1) is 0 Å². The number of likely N-dealkylation sites (N-methyl/N-ethyl adjacent to an activating group) is 1. The van der Waals surface area contributed by atoms with Crippen LogP contribution in [0.3, 0.4) is 0 Å². The number of carbonyl (C=O) groups is 1. The van der Waals surface area contributed by atoms with E-state index in [4.69, 9.17) is 0 Å². The molecule has 1 heterocycles. The van der Waals surface area contributed by atoms with Crippen molar-refractivity contribution in [3.8, 4) is 0 Å². The Morgan fingerprint density at radius 1 is 1.32 bits per heavy atom. The minimum Gasteiger partial charge on any atom is -0.342 e. The van der Waals surface area contributed by atoms with Gasteiger partial charge in [0.15, 0.2) is 0 Å². The van der Waals surface area contributed by atoms with E-state index >= 15 is 0 Å². The Hall–Kier alpha value is -1.79. The van der Waals surface area contributed by atoms with Gasteiger partial charge in [-0.15, -0.1) is 0 Å². The van der Waals surface area contributed by atoms with Gasteiger partial charge in [0.1, 0.15) is 12.1 Å². The molecule has 0 fully saturated rings. The lowest BCUT2D eigenvalue weighted by Crippen LogP contribution is -2.37. The molecule has 0 unspecified atom stereocenters. The van der Waals surface area contributed by atoms with Crippen LogP contribution in [0, 0.1) is 0 Å². The molecule has 1 rings (SSSR count). The van der Waals surface area contributed by atoms with Crippen molar-refractivity contribution in [2.45, 2.75) is 26.6 Å². The highest BCUT2D eigenvalue weighted by Crippen LogP contribution is 2.25. The normalized spacial score (nSPS) is 11.4. The zero-order valence-electron chi connectivity index (χ0n) is 10.7. The lowest BCUT2D eigenvalue weighted by Gasteiger charge is -2.19. The predicted octanol–water partition coefficient (Wildman–Crippen LogP) is 1.74. The van der Waals surface area contributed by atoms with Gasteiger partial charge in [0.2, 0.25) is 5.91 Å². The minimum atomic E-state index is -4.71. The van der Waals surface area contributed by atoms with E-state index < -0.39 is 17.3 Å². The first-order valence-corrected chi connectivity index (χ1v) is 5.85. The zero-order valence-corrected chi connectivity index (χ0v) is 10.7. The van der Waals surface area contributed by atoms with E-state index in [-0.39, 0.29) is 12.5 Å². The molecule has 0 radical (unpaired) electrons. The number of hydrogen-bond acceptors (Lipinski definition) is 2. The van der Waals surface area contributed by atoms with Crippen LogP contribution >= 0.6 is 0 Å². The third-order valence-electron chi connectivity index (χ3n) is 2.75. The SMILES string of the molecule is CCN(CC)C(=O)Cn1cccc(C(F)(F)F)c1=O. The highest BCUT2D eigenvalue weighted by molar-refractivity contribution is 5.75.